The first kappa shape index (κ1) is 22.7. The summed E-state index contributed by atoms with van der Waals surface area (Å²) in [6.07, 6.45) is 5.34. The van der Waals surface area contributed by atoms with E-state index in [1.807, 2.05) is 65.6 Å². The first-order valence-electron chi connectivity index (χ1n) is 12.1. The number of amides is 1. The van der Waals surface area contributed by atoms with Crippen LogP contribution in [0.2, 0.25) is 0 Å². The molecule has 1 aliphatic rings. The first-order valence-corrected chi connectivity index (χ1v) is 12.1. The number of hydrogen-bond donors (Lipinski definition) is 0. The van der Waals surface area contributed by atoms with Gasteiger partial charge in [0, 0.05) is 44.1 Å². The summed E-state index contributed by atoms with van der Waals surface area (Å²) in [5.41, 5.74) is 4.09. The molecule has 2 aromatic heterocycles. The van der Waals surface area contributed by atoms with Crippen molar-refractivity contribution in [3.05, 3.63) is 108 Å². The van der Waals surface area contributed by atoms with E-state index in [9.17, 15) is 4.79 Å². The molecule has 6 heteroatoms. The van der Waals surface area contributed by atoms with E-state index in [1.54, 1.807) is 12.4 Å². The van der Waals surface area contributed by atoms with Crippen LogP contribution in [0.1, 0.15) is 24.0 Å². The van der Waals surface area contributed by atoms with Crippen LogP contribution >= 0.6 is 0 Å². The lowest BCUT2D eigenvalue weighted by Gasteiger charge is -2.35. The van der Waals surface area contributed by atoms with Crippen LogP contribution < -0.4 is 4.90 Å². The molecule has 4 aromatic rings. The Morgan fingerprint density at radius 1 is 0.829 bits per heavy atom. The van der Waals surface area contributed by atoms with Crippen LogP contribution in [0.5, 0.6) is 0 Å². The average molecular weight is 464 g/mol. The van der Waals surface area contributed by atoms with Gasteiger partial charge in [-0.2, -0.15) is 0 Å². The van der Waals surface area contributed by atoms with Crippen LogP contribution in [0.4, 0.5) is 5.82 Å². The van der Waals surface area contributed by atoms with E-state index in [1.165, 1.54) is 0 Å². The molecule has 1 unspecified atom stereocenters. The van der Waals surface area contributed by atoms with E-state index in [4.69, 9.17) is 0 Å². The van der Waals surface area contributed by atoms with Gasteiger partial charge < -0.3 is 9.80 Å². The average Bonchev–Trinajstić information content (AvgIpc) is 2.94. The SMILES string of the molecule is O=C(C1CCCN(c2ccc(-c3ccncc3)nn2)C1)N(Cc1ccccc1)Cc1ccccc1. The topological polar surface area (TPSA) is 62.2 Å². The number of benzene rings is 2. The van der Waals surface area contributed by atoms with E-state index < -0.39 is 0 Å². The van der Waals surface area contributed by atoms with Crippen LogP contribution in [0.25, 0.3) is 11.3 Å². The molecule has 0 bridgehead atoms. The Labute approximate surface area is 206 Å². The Bertz CT molecular complexity index is 1170. The minimum atomic E-state index is -0.0714. The van der Waals surface area contributed by atoms with Crippen molar-refractivity contribution in [1.29, 1.82) is 0 Å². The Kier molecular flexibility index (Phi) is 7.08. The highest BCUT2D eigenvalue weighted by molar-refractivity contribution is 5.80. The van der Waals surface area contributed by atoms with Crippen LogP contribution in [-0.2, 0) is 17.9 Å². The first-order chi connectivity index (χ1) is 17.3. The van der Waals surface area contributed by atoms with Gasteiger partial charge in [0.2, 0.25) is 5.91 Å². The Balaban J connectivity index is 1.31. The molecule has 3 heterocycles. The van der Waals surface area contributed by atoms with Crippen molar-refractivity contribution in [1.82, 2.24) is 20.1 Å². The van der Waals surface area contributed by atoms with Gasteiger partial charge in [0.25, 0.3) is 0 Å². The van der Waals surface area contributed by atoms with Crippen LogP contribution in [0.15, 0.2) is 97.3 Å². The summed E-state index contributed by atoms with van der Waals surface area (Å²) in [5.74, 6) is 0.944. The van der Waals surface area contributed by atoms with Gasteiger partial charge in [-0.3, -0.25) is 9.78 Å². The zero-order chi connectivity index (χ0) is 23.9. The maximum atomic E-state index is 13.8. The van der Waals surface area contributed by atoms with Crippen molar-refractivity contribution >= 4 is 11.7 Å². The van der Waals surface area contributed by atoms with Crippen molar-refractivity contribution in [2.24, 2.45) is 5.92 Å². The molecule has 0 radical (unpaired) electrons. The molecule has 0 aliphatic carbocycles. The summed E-state index contributed by atoms with van der Waals surface area (Å²) < 4.78 is 0. The molecule has 1 fully saturated rings. The van der Waals surface area contributed by atoms with Gasteiger partial charge in [0.05, 0.1) is 11.6 Å². The van der Waals surface area contributed by atoms with Gasteiger partial charge in [0.15, 0.2) is 5.82 Å². The molecule has 2 aromatic carbocycles. The van der Waals surface area contributed by atoms with Crippen LogP contribution in [-0.4, -0.2) is 39.1 Å². The lowest BCUT2D eigenvalue weighted by atomic mass is 9.96. The maximum absolute atomic E-state index is 13.8. The van der Waals surface area contributed by atoms with Gasteiger partial charge in [-0.25, -0.2) is 0 Å². The number of pyridine rings is 1. The summed E-state index contributed by atoms with van der Waals surface area (Å²) in [6.45, 7) is 2.74. The summed E-state index contributed by atoms with van der Waals surface area (Å²) >= 11 is 0. The molecule has 1 saturated heterocycles. The molecule has 0 spiro atoms. The number of carbonyl (C=O) groups is 1. The highest BCUT2D eigenvalue weighted by Gasteiger charge is 2.30. The Morgan fingerprint density at radius 2 is 1.49 bits per heavy atom. The second kappa shape index (κ2) is 10.9. The maximum Gasteiger partial charge on any atom is 0.228 e. The molecular weight excluding hydrogens is 434 g/mol. The fraction of sp³-hybridized carbons (Fsp3) is 0.241. The highest BCUT2D eigenvalue weighted by Crippen LogP contribution is 2.25. The number of aromatic nitrogens is 3. The summed E-state index contributed by atoms with van der Waals surface area (Å²) in [7, 11) is 0. The van der Waals surface area contributed by atoms with Crippen molar-refractivity contribution < 1.29 is 4.79 Å². The standard InChI is InChI=1S/C29H29N5O/c35-29(34(20-23-8-3-1-4-9-23)21-24-10-5-2-6-11-24)26-12-7-19-33(22-26)28-14-13-27(31-32-28)25-15-17-30-18-16-25/h1-6,8-11,13-18,26H,7,12,19-22H2. The van der Waals surface area contributed by atoms with Crippen LogP contribution in [0.3, 0.4) is 0 Å². The molecule has 1 atom stereocenters. The predicted octanol–water partition coefficient (Wildman–Crippen LogP) is 4.98. The van der Waals surface area contributed by atoms with Gasteiger partial charge in [0.1, 0.15) is 0 Å². The van der Waals surface area contributed by atoms with Crippen molar-refractivity contribution in [3.63, 3.8) is 0 Å². The second-order valence-corrected chi connectivity index (χ2v) is 8.96. The van der Waals surface area contributed by atoms with Crippen molar-refractivity contribution in [3.8, 4) is 11.3 Å². The molecule has 1 amide bonds. The van der Waals surface area contributed by atoms with Gasteiger partial charge in [-0.15, -0.1) is 10.2 Å². The zero-order valence-corrected chi connectivity index (χ0v) is 19.7. The quantitative estimate of drug-likeness (QED) is 0.387. The number of carbonyl (C=O) groups excluding carboxylic acids is 1. The third kappa shape index (κ3) is 5.72. The summed E-state index contributed by atoms with van der Waals surface area (Å²) in [4.78, 5) is 22.0. The van der Waals surface area contributed by atoms with Gasteiger partial charge in [-0.05, 0) is 48.2 Å². The molecule has 35 heavy (non-hydrogen) atoms. The van der Waals surface area contributed by atoms with E-state index in [2.05, 4.69) is 44.3 Å². The summed E-state index contributed by atoms with van der Waals surface area (Å²) in [6, 6.07) is 28.3. The predicted molar refractivity (Wildman–Crippen MR) is 137 cm³/mol. The zero-order valence-electron chi connectivity index (χ0n) is 19.7. The third-order valence-corrected chi connectivity index (χ3v) is 6.47. The highest BCUT2D eigenvalue weighted by atomic mass is 16.2. The van der Waals surface area contributed by atoms with E-state index in [-0.39, 0.29) is 11.8 Å². The monoisotopic (exact) mass is 463 g/mol. The van der Waals surface area contributed by atoms with Crippen LogP contribution in [0, 0.1) is 5.92 Å². The van der Waals surface area contributed by atoms with E-state index >= 15 is 0 Å². The smallest absolute Gasteiger partial charge is 0.228 e. The lowest BCUT2D eigenvalue weighted by Crippen LogP contribution is -2.44. The number of anilines is 1. The lowest BCUT2D eigenvalue weighted by molar-refractivity contribution is -0.137. The van der Waals surface area contributed by atoms with Crippen molar-refractivity contribution in [2.75, 3.05) is 18.0 Å². The number of piperidine rings is 1. The van der Waals surface area contributed by atoms with E-state index in [0.717, 1.165) is 47.6 Å². The second-order valence-electron chi connectivity index (χ2n) is 8.96. The Hall–Kier alpha value is -4.06. The normalized spacial score (nSPS) is 15.5. The molecular formula is C29H29N5O. The summed E-state index contributed by atoms with van der Waals surface area (Å²) in [5, 5.41) is 8.91. The molecule has 0 saturated carbocycles. The Morgan fingerprint density at radius 3 is 2.09 bits per heavy atom. The van der Waals surface area contributed by atoms with Gasteiger partial charge in [-0.1, -0.05) is 60.7 Å². The minimum absolute atomic E-state index is 0.0714. The van der Waals surface area contributed by atoms with Crippen molar-refractivity contribution in [2.45, 2.75) is 25.9 Å². The molecule has 176 valence electrons. The van der Waals surface area contributed by atoms with Gasteiger partial charge >= 0.3 is 0 Å². The number of rotatable bonds is 7. The largest absolute Gasteiger partial charge is 0.354 e. The molecule has 5 rings (SSSR count). The molecule has 1 aliphatic heterocycles. The third-order valence-electron chi connectivity index (χ3n) is 6.47. The number of hydrogen-bond acceptors (Lipinski definition) is 5. The fourth-order valence-corrected chi connectivity index (χ4v) is 4.63. The molecule has 0 N–H and O–H groups in total. The minimum Gasteiger partial charge on any atom is -0.354 e. The molecule has 6 nitrogen and oxygen atoms in total. The fourth-order valence-electron chi connectivity index (χ4n) is 4.63. The number of nitrogens with zero attached hydrogens (tertiary/aromatic N) is 5. The van der Waals surface area contributed by atoms with E-state index in [0.29, 0.717) is 19.6 Å².